The second-order valence-corrected chi connectivity index (χ2v) is 10.8. The number of aromatic nitrogens is 1. The summed E-state index contributed by atoms with van der Waals surface area (Å²) in [5.74, 6) is 0.950. The van der Waals surface area contributed by atoms with Gasteiger partial charge in [0.25, 0.3) is 0 Å². The van der Waals surface area contributed by atoms with E-state index < -0.39 is 11.8 Å². The minimum Gasteiger partial charge on any atom is -0.497 e. The quantitative estimate of drug-likeness (QED) is 0.169. The van der Waals surface area contributed by atoms with Gasteiger partial charge in [0.1, 0.15) is 35.4 Å². The van der Waals surface area contributed by atoms with Crippen molar-refractivity contribution in [2.45, 2.75) is 26.0 Å². The van der Waals surface area contributed by atoms with Gasteiger partial charge in [-0.25, -0.2) is 9.18 Å². The van der Waals surface area contributed by atoms with Crippen molar-refractivity contribution in [1.29, 1.82) is 0 Å². The van der Waals surface area contributed by atoms with Crippen molar-refractivity contribution < 1.29 is 28.5 Å². The molecule has 0 aliphatic heterocycles. The molecule has 6 rings (SSSR count). The normalized spacial score (nSPS) is 12.8. The Labute approximate surface area is 247 Å². The average molecular weight is 586 g/mol. The molecule has 0 bridgehead atoms. The van der Waals surface area contributed by atoms with Crippen LogP contribution in [0.15, 0.2) is 84.9 Å². The van der Waals surface area contributed by atoms with Crippen LogP contribution in [0.1, 0.15) is 34.5 Å². The summed E-state index contributed by atoms with van der Waals surface area (Å²) in [5, 5.41) is 11.2. The number of nitrogens with zero attached hydrogens (tertiary/aromatic N) is 1. The Kier molecular flexibility index (Phi) is 7.76. The van der Waals surface area contributed by atoms with E-state index >= 15 is 0 Å². The van der Waals surface area contributed by atoms with Crippen molar-refractivity contribution in [3.63, 3.8) is 0 Å². The average Bonchev–Trinajstić information content (AvgIpc) is 3.78. The Morgan fingerprint density at radius 2 is 1.71 bits per heavy atom. The van der Waals surface area contributed by atoms with Gasteiger partial charge in [-0.2, -0.15) is 0 Å². The van der Waals surface area contributed by atoms with Crippen molar-refractivity contribution in [1.82, 2.24) is 4.57 Å². The first kappa shape index (κ1) is 27.7. The number of carbonyl (C=O) groups is 1. The van der Waals surface area contributed by atoms with Crippen LogP contribution < -0.4 is 14.2 Å². The van der Waals surface area contributed by atoms with Crippen molar-refractivity contribution in [3.8, 4) is 28.4 Å². The lowest BCUT2D eigenvalue weighted by atomic mass is 10.0. The van der Waals surface area contributed by atoms with Crippen LogP contribution >= 0.6 is 11.6 Å². The zero-order chi connectivity index (χ0) is 29.2. The number of aromatic carboxylic acids is 1. The first-order valence-corrected chi connectivity index (χ1v) is 14.1. The maximum atomic E-state index is 14.5. The first-order chi connectivity index (χ1) is 20.4. The number of carboxylic acid groups (broad SMARTS) is 1. The summed E-state index contributed by atoms with van der Waals surface area (Å²) in [7, 11) is 1.60. The Balaban J connectivity index is 1.43. The largest absolute Gasteiger partial charge is 0.497 e. The Morgan fingerprint density at radius 1 is 0.952 bits per heavy atom. The summed E-state index contributed by atoms with van der Waals surface area (Å²) in [6, 6.07) is 25.2. The van der Waals surface area contributed by atoms with Gasteiger partial charge in [0, 0.05) is 28.6 Å². The van der Waals surface area contributed by atoms with E-state index in [2.05, 4.69) is 0 Å². The molecule has 1 aliphatic rings. The number of hydrogen-bond donors (Lipinski definition) is 1. The lowest BCUT2D eigenvalue weighted by Gasteiger charge is -2.11. The lowest BCUT2D eigenvalue weighted by Crippen LogP contribution is -2.10. The third-order valence-corrected chi connectivity index (χ3v) is 7.76. The topological polar surface area (TPSA) is 69.9 Å². The summed E-state index contributed by atoms with van der Waals surface area (Å²) in [4.78, 5) is 12.9. The van der Waals surface area contributed by atoms with Gasteiger partial charge in [-0.15, -0.1) is 0 Å². The van der Waals surface area contributed by atoms with Gasteiger partial charge in [0.15, 0.2) is 0 Å². The molecular weight excluding hydrogens is 557 g/mol. The minimum atomic E-state index is -1.05. The highest BCUT2D eigenvalue weighted by molar-refractivity contribution is 6.30. The maximum absolute atomic E-state index is 14.5. The zero-order valence-corrected chi connectivity index (χ0v) is 23.7. The standard InChI is InChI=1S/C34H29ClFNO5/c1-40-26-6-2-4-22(16-26)18-37-30-15-14-27(42-20-24-5-3-7-29(35)32(24)36)17-28(30)31(33(37)34(38)39)23-10-12-25(13-11-23)41-19-21-8-9-21/h2-7,10-17,21H,8-9,18-20H2,1H3,(H,38,39). The predicted molar refractivity (Wildman–Crippen MR) is 160 cm³/mol. The zero-order valence-electron chi connectivity index (χ0n) is 23.0. The number of ether oxygens (including phenoxy) is 3. The summed E-state index contributed by atoms with van der Waals surface area (Å²) in [6.07, 6.45) is 2.39. The summed E-state index contributed by atoms with van der Waals surface area (Å²) in [6.45, 7) is 0.968. The van der Waals surface area contributed by atoms with E-state index in [1.807, 2.05) is 54.6 Å². The Bertz CT molecular complexity index is 1760. The lowest BCUT2D eigenvalue weighted by molar-refractivity contribution is 0.0687. The maximum Gasteiger partial charge on any atom is 0.353 e. The molecule has 0 radical (unpaired) electrons. The number of rotatable bonds is 11. The fourth-order valence-electron chi connectivity index (χ4n) is 5.09. The Morgan fingerprint density at radius 3 is 2.45 bits per heavy atom. The fraction of sp³-hybridized carbons (Fsp3) is 0.206. The van der Waals surface area contributed by atoms with Gasteiger partial charge < -0.3 is 23.9 Å². The molecule has 1 aliphatic carbocycles. The number of carboxylic acids is 1. The van der Waals surface area contributed by atoms with Gasteiger partial charge in [-0.1, -0.05) is 48.0 Å². The highest BCUT2D eigenvalue weighted by Gasteiger charge is 2.25. The van der Waals surface area contributed by atoms with Gasteiger partial charge in [0.05, 0.1) is 18.7 Å². The number of methoxy groups -OCH3 is 1. The van der Waals surface area contributed by atoms with Crippen LogP contribution in [0.2, 0.25) is 5.02 Å². The number of halogens is 2. The van der Waals surface area contributed by atoms with Gasteiger partial charge in [-0.3, -0.25) is 0 Å². The van der Waals surface area contributed by atoms with Crippen molar-refractivity contribution in [3.05, 3.63) is 113 Å². The smallest absolute Gasteiger partial charge is 0.353 e. The van der Waals surface area contributed by atoms with Crippen molar-refractivity contribution in [2.24, 2.45) is 5.92 Å². The molecule has 1 heterocycles. The molecule has 42 heavy (non-hydrogen) atoms. The predicted octanol–water partition coefficient (Wildman–Crippen LogP) is 8.22. The second-order valence-electron chi connectivity index (χ2n) is 10.4. The summed E-state index contributed by atoms with van der Waals surface area (Å²) in [5.41, 5.74) is 3.39. The SMILES string of the molecule is COc1cccc(Cn2c(C(=O)O)c(-c3ccc(OCC4CC4)cc3)c3cc(OCc4cccc(Cl)c4F)ccc32)c1. The third kappa shape index (κ3) is 5.78. The Hall–Kier alpha value is -4.49. The molecule has 1 aromatic heterocycles. The second kappa shape index (κ2) is 11.8. The van der Waals surface area contributed by atoms with Gasteiger partial charge in [-0.05, 0) is 78.4 Å². The molecule has 4 aromatic carbocycles. The van der Waals surface area contributed by atoms with Crippen LogP contribution in [0, 0.1) is 11.7 Å². The molecule has 214 valence electrons. The van der Waals surface area contributed by atoms with E-state index in [9.17, 15) is 14.3 Å². The van der Waals surface area contributed by atoms with Crippen LogP contribution in [0.4, 0.5) is 4.39 Å². The van der Waals surface area contributed by atoms with E-state index in [4.69, 9.17) is 25.8 Å². The van der Waals surface area contributed by atoms with E-state index in [1.165, 1.54) is 18.9 Å². The molecule has 0 amide bonds. The van der Waals surface area contributed by atoms with E-state index in [1.54, 1.807) is 35.9 Å². The summed E-state index contributed by atoms with van der Waals surface area (Å²) < 4.78 is 33.5. The van der Waals surface area contributed by atoms with Gasteiger partial charge in [0.2, 0.25) is 0 Å². The van der Waals surface area contributed by atoms with E-state index in [0.29, 0.717) is 47.1 Å². The molecule has 1 fully saturated rings. The van der Waals surface area contributed by atoms with Crippen LogP contribution in [0.5, 0.6) is 17.2 Å². The minimum absolute atomic E-state index is 0.0270. The summed E-state index contributed by atoms with van der Waals surface area (Å²) >= 11 is 5.94. The molecule has 0 saturated heterocycles. The highest BCUT2D eigenvalue weighted by atomic mass is 35.5. The molecule has 0 spiro atoms. The van der Waals surface area contributed by atoms with Gasteiger partial charge >= 0.3 is 5.97 Å². The third-order valence-electron chi connectivity index (χ3n) is 7.46. The number of benzene rings is 4. The van der Waals surface area contributed by atoms with Crippen LogP contribution in [0.25, 0.3) is 22.0 Å². The van der Waals surface area contributed by atoms with Crippen LogP contribution in [0.3, 0.4) is 0 Å². The van der Waals surface area contributed by atoms with E-state index in [-0.39, 0.29) is 17.3 Å². The monoisotopic (exact) mass is 585 g/mol. The number of hydrogen-bond acceptors (Lipinski definition) is 4. The number of fused-ring (bicyclic) bond motifs is 1. The fourth-order valence-corrected chi connectivity index (χ4v) is 5.29. The molecular formula is C34H29ClFNO5. The molecule has 5 aromatic rings. The first-order valence-electron chi connectivity index (χ1n) is 13.7. The molecule has 1 saturated carbocycles. The molecule has 1 N–H and O–H groups in total. The molecule has 8 heteroatoms. The molecule has 0 atom stereocenters. The molecule has 6 nitrogen and oxygen atoms in total. The van der Waals surface area contributed by atoms with E-state index in [0.717, 1.165) is 22.4 Å². The molecule has 0 unspecified atom stereocenters. The highest BCUT2D eigenvalue weighted by Crippen LogP contribution is 2.39. The van der Waals surface area contributed by atoms with Crippen molar-refractivity contribution in [2.75, 3.05) is 13.7 Å². The van der Waals surface area contributed by atoms with Crippen molar-refractivity contribution >= 4 is 28.5 Å². The van der Waals surface area contributed by atoms with Crippen LogP contribution in [-0.2, 0) is 13.2 Å². The van der Waals surface area contributed by atoms with Crippen LogP contribution in [-0.4, -0.2) is 29.4 Å².